The van der Waals surface area contributed by atoms with Crippen LogP contribution in [-0.2, 0) is 56.1 Å². The Bertz CT molecular complexity index is 2150. The van der Waals surface area contributed by atoms with E-state index in [2.05, 4.69) is 10.6 Å². The highest BCUT2D eigenvalue weighted by Gasteiger charge is 2.38. The number of likely N-dealkylation sites (tertiary alicyclic amines) is 1. The number of benzene rings is 1. The van der Waals surface area contributed by atoms with Gasteiger partial charge in [0.1, 0.15) is 6.04 Å². The Morgan fingerprint density at radius 2 is 1.28 bits per heavy atom. The van der Waals surface area contributed by atoms with Gasteiger partial charge in [0.15, 0.2) is 5.78 Å². The van der Waals surface area contributed by atoms with Crippen LogP contribution in [0.2, 0.25) is 0 Å². The highest BCUT2D eigenvalue weighted by atomic mass is 32.2. The molecule has 0 aliphatic carbocycles. The molecule has 4 rings (SSSR count). The summed E-state index contributed by atoms with van der Waals surface area (Å²) in [4.78, 5) is 137. The van der Waals surface area contributed by atoms with Crippen molar-refractivity contribution in [3.63, 3.8) is 0 Å². The molecule has 3 aliphatic heterocycles. The second-order valence-electron chi connectivity index (χ2n) is 18.9. The van der Waals surface area contributed by atoms with Gasteiger partial charge in [0, 0.05) is 103 Å². The standard InChI is InChI=1S/C49H73N9O14S2/c1-33(50)7-6-25-74-40-27-42(61)58(48(40)70)15-4-3-10-38(49(71)72)51-41(60)12-11-39(59)37(14-26-73-2)52-47(69)36-9-5-8-34-28-57(16-13-35(34)36)43(62)29-53-17-19-54(30-44(63)64)21-23-56(32-46(67)68)24-22-55(20-18-53)31-45(65)66/h5,8-9,37-38,40,50H,3-4,6-7,10-32H2,1-2H3,(H,51,60)(H,52,69)(H,63,64)(H,65,66)(H,67,68)(H,71,72)/t37-,38-,40?/m0/s1. The van der Waals surface area contributed by atoms with Crippen LogP contribution < -0.4 is 10.6 Å². The Kier molecular flexibility index (Phi) is 25.9. The molecule has 1 aromatic carbocycles. The number of rotatable bonds is 29. The molecule has 2 fully saturated rings. The molecule has 0 spiro atoms. The fourth-order valence-electron chi connectivity index (χ4n) is 9.03. The van der Waals surface area contributed by atoms with E-state index in [4.69, 9.17) is 5.41 Å². The molecule has 7 N–H and O–H groups in total. The number of carboxylic acids is 4. The maximum Gasteiger partial charge on any atom is 0.326 e. The maximum atomic E-state index is 13.9. The van der Waals surface area contributed by atoms with Crippen molar-refractivity contribution in [1.82, 2.24) is 40.0 Å². The number of hydrogen-bond donors (Lipinski definition) is 7. The zero-order valence-corrected chi connectivity index (χ0v) is 44.1. The monoisotopic (exact) mass is 1080 g/mol. The first-order valence-electron chi connectivity index (χ1n) is 25.0. The molecule has 0 saturated carbocycles. The Balaban J connectivity index is 1.31. The molecule has 74 heavy (non-hydrogen) atoms. The van der Waals surface area contributed by atoms with E-state index in [1.807, 2.05) is 17.2 Å². The van der Waals surface area contributed by atoms with Gasteiger partial charge in [0.2, 0.25) is 23.6 Å². The molecular weight excluding hydrogens is 1000 g/mol. The number of carbonyl (C=O) groups is 10. The van der Waals surface area contributed by atoms with Gasteiger partial charge in [-0.2, -0.15) is 11.8 Å². The number of fused-ring (bicyclic) bond motifs is 1. The predicted molar refractivity (Wildman–Crippen MR) is 276 cm³/mol. The van der Waals surface area contributed by atoms with E-state index in [0.717, 1.165) is 12.0 Å². The zero-order valence-electron chi connectivity index (χ0n) is 42.4. The SMILES string of the molecule is CSCC[C@H](NC(=O)c1cccc2c1CCN(C(=O)CN1CCN(CC(=O)O)CCN(CC(=O)O)CCN(CC(=O)O)CC1)C2)C(=O)CCC(=O)N[C@@H](CCCCN1C(=O)CC(SCCCC(C)=N)C1=O)C(=O)O. The van der Waals surface area contributed by atoms with Gasteiger partial charge in [0.25, 0.3) is 5.91 Å². The van der Waals surface area contributed by atoms with Gasteiger partial charge in [0.05, 0.1) is 37.5 Å². The summed E-state index contributed by atoms with van der Waals surface area (Å²) in [6.45, 7) is 3.43. The molecule has 3 aliphatic rings. The minimum atomic E-state index is -1.27. The fraction of sp³-hybridized carbons (Fsp3) is 0.653. The van der Waals surface area contributed by atoms with Crippen molar-refractivity contribution < 1.29 is 68.4 Å². The lowest BCUT2D eigenvalue weighted by atomic mass is 9.93. The van der Waals surface area contributed by atoms with Gasteiger partial charge in [-0.3, -0.25) is 67.7 Å². The van der Waals surface area contributed by atoms with E-state index in [0.29, 0.717) is 54.0 Å². The first-order chi connectivity index (χ1) is 35.2. The smallest absolute Gasteiger partial charge is 0.326 e. The molecule has 1 aromatic rings. The van der Waals surface area contributed by atoms with Crippen LogP contribution in [-0.4, -0.2) is 241 Å². The van der Waals surface area contributed by atoms with Gasteiger partial charge in [-0.1, -0.05) is 12.1 Å². The van der Waals surface area contributed by atoms with E-state index >= 15 is 0 Å². The number of nitrogens with one attached hydrogen (secondary N) is 3. The van der Waals surface area contributed by atoms with Crippen molar-refractivity contribution >= 4 is 88.4 Å². The predicted octanol–water partition coefficient (Wildman–Crippen LogP) is 0.668. The summed E-state index contributed by atoms with van der Waals surface area (Å²) < 4.78 is 0. The summed E-state index contributed by atoms with van der Waals surface area (Å²) in [5.41, 5.74) is 2.34. The molecule has 1 unspecified atom stereocenters. The third-order valence-electron chi connectivity index (χ3n) is 13.1. The number of Topliss-reactive ketones (excluding diaryl/α,β-unsaturated/α-hetero) is 1. The Morgan fingerprint density at radius 1 is 0.703 bits per heavy atom. The minimum Gasteiger partial charge on any atom is -0.480 e. The molecule has 25 heteroatoms. The van der Waals surface area contributed by atoms with Crippen molar-refractivity contribution in [1.29, 1.82) is 5.41 Å². The lowest BCUT2D eigenvalue weighted by molar-refractivity contribution is -0.142. The zero-order chi connectivity index (χ0) is 54.3. The fourth-order valence-corrected chi connectivity index (χ4v) is 10.6. The van der Waals surface area contributed by atoms with Crippen LogP contribution in [0, 0.1) is 5.41 Å². The topological polar surface area (TPSA) is 319 Å². The van der Waals surface area contributed by atoms with Crippen molar-refractivity contribution in [2.45, 2.75) is 95.0 Å². The van der Waals surface area contributed by atoms with Gasteiger partial charge < -0.3 is 41.4 Å². The highest BCUT2D eigenvalue weighted by Crippen LogP contribution is 2.27. The van der Waals surface area contributed by atoms with E-state index in [9.17, 15) is 68.4 Å². The molecular formula is C49H73N9O14S2. The molecule has 0 radical (unpaired) electrons. The number of ketones is 1. The van der Waals surface area contributed by atoms with Crippen molar-refractivity contribution in [2.75, 3.05) is 109 Å². The first-order valence-corrected chi connectivity index (χ1v) is 27.5. The normalized spacial score (nSPS) is 18.4. The van der Waals surface area contributed by atoms with E-state index < -0.39 is 58.8 Å². The minimum absolute atomic E-state index is 0.0354. The summed E-state index contributed by atoms with van der Waals surface area (Å²) in [6.07, 6.45) is 4.01. The number of imide groups is 1. The molecule has 3 heterocycles. The summed E-state index contributed by atoms with van der Waals surface area (Å²) in [5, 5.41) is 50.9. The molecule has 3 atom stereocenters. The Labute approximate surface area is 439 Å². The number of carbonyl (C=O) groups excluding carboxylic acids is 6. The highest BCUT2D eigenvalue weighted by molar-refractivity contribution is 8.00. The van der Waals surface area contributed by atoms with Crippen LogP contribution in [0.25, 0.3) is 0 Å². The molecule has 410 valence electrons. The molecule has 0 aromatic heterocycles. The molecule has 0 bridgehead atoms. The number of hydrogen-bond acceptors (Lipinski definition) is 17. The number of thioether (sulfide) groups is 2. The van der Waals surface area contributed by atoms with Gasteiger partial charge >= 0.3 is 23.9 Å². The van der Waals surface area contributed by atoms with E-state index in [1.165, 1.54) is 28.4 Å². The van der Waals surface area contributed by atoms with Crippen LogP contribution in [0.5, 0.6) is 0 Å². The van der Waals surface area contributed by atoms with E-state index in [1.54, 1.807) is 38.7 Å². The third kappa shape index (κ3) is 21.0. The largest absolute Gasteiger partial charge is 0.480 e. The summed E-state index contributed by atoms with van der Waals surface area (Å²) >= 11 is 2.87. The van der Waals surface area contributed by atoms with E-state index in [-0.39, 0.29) is 148 Å². The van der Waals surface area contributed by atoms with Crippen molar-refractivity contribution in [3.05, 3.63) is 34.9 Å². The molecule has 5 amide bonds. The quantitative estimate of drug-likeness (QED) is 0.0329. The maximum absolute atomic E-state index is 13.9. The lowest BCUT2D eigenvalue weighted by Gasteiger charge is -2.35. The van der Waals surface area contributed by atoms with Crippen molar-refractivity contribution in [3.8, 4) is 0 Å². The number of amides is 5. The third-order valence-corrected chi connectivity index (χ3v) is 15.0. The first kappa shape index (κ1) is 61.1. The number of nitrogens with zero attached hydrogens (tertiary/aromatic N) is 6. The average Bonchev–Trinajstić information content (AvgIpc) is 3.61. The van der Waals surface area contributed by atoms with Gasteiger partial charge in [-0.15, -0.1) is 11.8 Å². The lowest BCUT2D eigenvalue weighted by Crippen LogP contribution is -2.50. The van der Waals surface area contributed by atoms with Crippen LogP contribution in [0.1, 0.15) is 86.2 Å². The summed E-state index contributed by atoms with van der Waals surface area (Å²) in [6, 6.07) is 2.94. The number of unbranched alkanes of at least 4 members (excludes halogenated alkanes) is 1. The van der Waals surface area contributed by atoms with Crippen LogP contribution in [0.3, 0.4) is 0 Å². The van der Waals surface area contributed by atoms with Gasteiger partial charge in [-0.25, -0.2) is 4.79 Å². The molecule has 23 nitrogen and oxygen atoms in total. The second kappa shape index (κ2) is 31.4. The second-order valence-corrected chi connectivity index (χ2v) is 21.1. The van der Waals surface area contributed by atoms with Crippen molar-refractivity contribution in [2.24, 2.45) is 0 Å². The van der Waals surface area contributed by atoms with Crippen LogP contribution in [0.15, 0.2) is 18.2 Å². The Hall–Kier alpha value is -5.47. The molecule has 2 saturated heterocycles. The van der Waals surface area contributed by atoms with Gasteiger partial charge in [-0.05, 0) is 86.8 Å². The Morgan fingerprint density at radius 3 is 1.82 bits per heavy atom. The summed E-state index contributed by atoms with van der Waals surface area (Å²) in [7, 11) is 0. The summed E-state index contributed by atoms with van der Waals surface area (Å²) in [5.74, 6) is -5.61. The van der Waals surface area contributed by atoms with Crippen LogP contribution in [0.4, 0.5) is 0 Å². The van der Waals surface area contributed by atoms with Crippen LogP contribution >= 0.6 is 23.5 Å². The number of aliphatic carboxylic acids is 4. The average molecular weight is 1080 g/mol. The number of carboxylic acid groups (broad SMARTS) is 4.